The fourth-order valence-corrected chi connectivity index (χ4v) is 3.01. The fourth-order valence-electron chi connectivity index (χ4n) is 3.01. The van der Waals surface area contributed by atoms with Gasteiger partial charge in [-0.25, -0.2) is 9.69 Å². The molecule has 2 atom stereocenters. The molecule has 2 rings (SSSR count). The van der Waals surface area contributed by atoms with Crippen LogP contribution in [-0.4, -0.2) is 56.0 Å². The van der Waals surface area contributed by atoms with Crippen molar-refractivity contribution in [1.82, 2.24) is 15.1 Å². The van der Waals surface area contributed by atoms with Crippen molar-refractivity contribution in [2.24, 2.45) is 11.3 Å². The zero-order valence-electron chi connectivity index (χ0n) is 14.1. The molecule has 2 amide bonds. The molecule has 0 bridgehead atoms. The Kier molecular flexibility index (Phi) is 5.38. The Labute approximate surface area is 157 Å². The maximum Gasteiger partial charge on any atom is 0.418 e. The monoisotopic (exact) mass is 430 g/mol. The normalized spacial score (nSPS) is 23.2. The SMILES string of the molecule is Nc1cc(C(F)(F)F)c(CC2(C(=O)O)C[C@@H](C(F)(F)F)CN(C(=O)O)C2=O)nn1. The van der Waals surface area contributed by atoms with Gasteiger partial charge in [0.05, 0.1) is 17.2 Å². The molecule has 1 saturated heterocycles. The van der Waals surface area contributed by atoms with Crippen LogP contribution in [0.5, 0.6) is 0 Å². The number of aliphatic carboxylic acids is 1. The number of nitrogens with two attached hydrogens (primary N) is 1. The summed E-state index contributed by atoms with van der Waals surface area (Å²) in [6, 6.07) is 0.279. The van der Waals surface area contributed by atoms with Crippen molar-refractivity contribution >= 4 is 23.8 Å². The number of imide groups is 1. The lowest BCUT2D eigenvalue weighted by Crippen LogP contribution is -2.60. The van der Waals surface area contributed by atoms with Gasteiger partial charge in [-0.2, -0.15) is 31.4 Å². The number of carbonyl (C=O) groups excluding carboxylic acids is 1. The van der Waals surface area contributed by atoms with E-state index in [9.17, 15) is 45.8 Å². The molecular weight excluding hydrogens is 418 g/mol. The summed E-state index contributed by atoms with van der Waals surface area (Å²) >= 11 is 0. The molecule has 1 unspecified atom stereocenters. The second-order valence-corrected chi connectivity index (χ2v) is 6.33. The van der Waals surface area contributed by atoms with E-state index in [0.717, 1.165) is 0 Å². The first-order chi connectivity index (χ1) is 13.1. The van der Waals surface area contributed by atoms with Gasteiger partial charge in [-0.3, -0.25) is 9.59 Å². The van der Waals surface area contributed by atoms with Gasteiger partial charge in [-0.05, 0) is 12.5 Å². The van der Waals surface area contributed by atoms with Gasteiger partial charge in [0.1, 0.15) is 5.82 Å². The van der Waals surface area contributed by atoms with E-state index in [-0.39, 0.29) is 11.0 Å². The zero-order valence-corrected chi connectivity index (χ0v) is 14.1. The van der Waals surface area contributed by atoms with E-state index in [0.29, 0.717) is 0 Å². The van der Waals surface area contributed by atoms with Crippen LogP contribution in [0.25, 0.3) is 0 Å². The quantitative estimate of drug-likeness (QED) is 0.486. The minimum Gasteiger partial charge on any atom is -0.480 e. The van der Waals surface area contributed by atoms with Crippen molar-refractivity contribution in [3.63, 3.8) is 0 Å². The number of carbonyl (C=O) groups is 3. The number of hydrogen-bond acceptors (Lipinski definition) is 6. The first-order valence-corrected chi connectivity index (χ1v) is 7.64. The number of likely N-dealkylation sites (tertiary alicyclic amines) is 1. The highest BCUT2D eigenvalue weighted by molar-refractivity contribution is 6.07. The number of amides is 2. The van der Waals surface area contributed by atoms with Crippen LogP contribution in [-0.2, 0) is 22.2 Å². The van der Waals surface area contributed by atoms with Crippen LogP contribution in [0.4, 0.5) is 37.0 Å². The van der Waals surface area contributed by atoms with E-state index < -0.39 is 78.1 Å². The third-order valence-corrected chi connectivity index (χ3v) is 4.42. The Balaban J connectivity index is 2.65. The van der Waals surface area contributed by atoms with Crippen LogP contribution in [0.15, 0.2) is 6.07 Å². The number of rotatable bonds is 3. The molecule has 4 N–H and O–H groups in total. The van der Waals surface area contributed by atoms with Gasteiger partial charge in [-0.1, -0.05) is 0 Å². The van der Waals surface area contributed by atoms with Crippen LogP contribution in [0.3, 0.4) is 0 Å². The third-order valence-electron chi connectivity index (χ3n) is 4.42. The first-order valence-electron chi connectivity index (χ1n) is 7.64. The number of anilines is 1. The molecule has 29 heavy (non-hydrogen) atoms. The number of carboxylic acids is 1. The molecule has 15 heteroatoms. The molecule has 0 saturated carbocycles. The molecule has 2 heterocycles. The summed E-state index contributed by atoms with van der Waals surface area (Å²) in [6.45, 7) is -1.38. The maximum atomic E-state index is 13.2. The van der Waals surface area contributed by atoms with E-state index in [1.807, 2.05) is 0 Å². The fraction of sp³-hybridized carbons (Fsp3) is 0.500. The van der Waals surface area contributed by atoms with E-state index in [4.69, 9.17) is 10.8 Å². The smallest absolute Gasteiger partial charge is 0.418 e. The summed E-state index contributed by atoms with van der Waals surface area (Å²) < 4.78 is 79.4. The predicted octanol–water partition coefficient (Wildman–Crippen LogP) is 1.78. The lowest BCUT2D eigenvalue weighted by atomic mass is 9.71. The Morgan fingerprint density at radius 3 is 2.24 bits per heavy atom. The van der Waals surface area contributed by atoms with Crippen LogP contribution < -0.4 is 5.73 Å². The maximum absolute atomic E-state index is 13.2. The van der Waals surface area contributed by atoms with E-state index in [1.54, 1.807) is 0 Å². The molecule has 9 nitrogen and oxygen atoms in total. The number of nitrogen functional groups attached to an aromatic ring is 1. The molecule has 1 aliphatic rings. The standard InChI is InChI=1S/C14H12F6N4O5/c15-13(16,17)5-2-12(10(26)27,9(25)24(4-5)11(28)29)3-7-6(14(18,19)20)1-8(21)23-22-7/h1,5H,2-4H2,(H2,21,23)(H,26,27)(H,28,29)/t5-,12?/m1/s1. The summed E-state index contributed by atoms with van der Waals surface area (Å²) in [5.74, 6) is -7.34. The highest BCUT2D eigenvalue weighted by Crippen LogP contribution is 2.45. The summed E-state index contributed by atoms with van der Waals surface area (Å²) in [7, 11) is 0. The second kappa shape index (κ2) is 7.04. The highest BCUT2D eigenvalue weighted by atomic mass is 19.4. The predicted molar refractivity (Wildman–Crippen MR) is 79.1 cm³/mol. The summed E-state index contributed by atoms with van der Waals surface area (Å²) in [5.41, 5.74) is -0.798. The van der Waals surface area contributed by atoms with Gasteiger partial charge >= 0.3 is 24.4 Å². The van der Waals surface area contributed by atoms with Crippen LogP contribution >= 0.6 is 0 Å². The summed E-state index contributed by atoms with van der Waals surface area (Å²) in [5, 5.41) is 24.7. The van der Waals surface area contributed by atoms with Crippen molar-refractivity contribution in [2.45, 2.75) is 25.2 Å². The number of nitrogens with zero attached hydrogens (tertiary/aromatic N) is 3. The van der Waals surface area contributed by atoms with Crippen molar-refractivity contribution in [2.75, 3.05) is 12.3 Å². The molecule has 1 aromatic rings. The largest absolute Gasteiger partial charge is 0.480 e. The Morgan fingerprint density at radius 1 is 1.21 bits per heavy atom. The molecule has 0 radical (unpaired) electrons. The lowest BCUT2D eigenvalue weighted by Gasteiger charge is -2.41. The van der Waals surface area contributed by atoms with Gasteiger partial charge in [0.25, 0.3) is 0 Å². The molecule has 1 aliphatic heterocycles. The van der Waals surface area contributed by atoms with Gasteiger partial charge < -0.3 is 15.9 Å². The van der Waals surface area contributed by atoms with Gasteiger partial charge in [0, 0.05) is 13.0 Å². The average Bonchev–Trinajstić information content (AvgIpc) is 2.55. The number of aromatic nitrogens is 2. The molecule has 1 aromatic heterocycles. The van der Waals surface area contributed by atoms with E-state index in [2.05, 4.69) is 10.2 Å². The lowest BCUT2D eigenvalue weighted by molar-refractivity contribution is -0.203. The van der Waals surface area contributed by atoms with Crippen molar-refractivity contribution < 1.29 is 50.9 Å². The van der Waals surface area contributed by atoms with Gasteiger partial charge in [0.15, 0.2) is 5.41 Å². The van der Waals surface area contributed by atoms with Crippen LogP contribution in [0.1, 0.15) is 17.7 Å². The minimum absolute atomic E-state index is 0.279. The first kappa shape index (κ1) is 22.2. The Hall–Kier alpha value is -3.13. The van der Waals surface area contributed by atoms with E-state index in [1.165, 1.54) is 0 Å². The topological polar surface area (TPSA) is 147 Å². The molecule has 1 fully saturated rings. The van der Waals surface area contributed by atoms with Gasteiger partial charge in [-0.15, -0.1) is 5.10 Å². The van der Waals surface area contributed by atoms with Crippen LogP contribution in [0.2, 0.25) is 0 Å². The Bertz CT molecular complexity index is 858. The third kappa shape index (κ3) is 4.17. The molecular formula is C14H12F6N4O5. The van der Waals surface area contributed by atoms with Crippen molar-refractivity contribution in [1.29, 1.82) is 0 Å². The number of carboxylic acid groups (broad SMARTS) is 2. The van der Waals surface area contributed by atoms with Crippen LogP contribution in [0, 0.1) is 11.3 Å². The van der Waals surface area contributed by atoms with Crippen molar-refractivity contribution in [3.8, 4) is 0 Å². The number of alkyl halides is 6. The van der Waals surface area contributed by atoms with Gasteiger partial charge in [0.2, 0.25) is 5.91 Å². The molecule has 0 aliphatic carbocycles. The minimum atomic E-state index is -5.15. The Morgan fingerprint density at radius 2 is 1.79 bits per heavy atom. The van der Waals surface area contributed by atoms with Crippen molar-refractivity contribution in [3.05, 3.63) is 17.3 Å². The average molecular weight is 430 g/mol. The number of hydrogen-bond donors (Lipinski definition) is 3. The molecule has 0 spiro atoms. The molecule has 160 valence electrons. The van der Waals surface area contributed by atoms with E-state index >= 15 is 0 Å². The number of halogens is 6. The number of piperidine rings is 1. The molecule has 0 aromatic carbocycles. The summed E-state index contributed by atoms with van der Waals surface area (Å²) in [4.78, 5) is 35.1. The summed E-state index contributed by atoms with van der Waals surface area (Å²) in [6.07, 6.45) is -15.4. The second-order valence-electron chi connectivity index (χ2n) is 6.33. The highest BCUT2D eigenvalue weighted by Gasteiger charge is 2.60. The zero-order chi connectivity index (χ0) is 22.4.